The number of fused-ring (bicyclic) bond motifs is 16. The van der Waals surface area contributed by atoms with Gasteiger partial charge in [-0.25, -0.2) is 0 Å². The average molecular weight is 766 g/mol. The van der Waals surface area contributed by atoms with Crippen molar-refractivity contribution >= 4 is 70.1 Å². The molecule has 274 valence electrons. The number of rotatable bonds is 4. The Kier molecular flexibility index (Phi) is 6.87. The summed E-state index contributed by atoms with van der Waals surface area (Å²) < 4.78 is 2.60. The van der Waals surface area contributed by atoms with Crippen LogP contribution in [-0.4, -0.2) is 0 Å². The van der Waals surface area contributed by atoms with E-state index in [-0.39, 0.29) is 5.41 Å². The third-order valence-electron chi connectivity index (χ3n) is 13.1. The van der Waals surface area contributed by atoms with Gasteiger partial charge in [-0.1, -0.05) is 176 Å². The van der Waals surface area contributed by atoms with Crippen LogP contribution in [0, 0.1) is 0 Å². The largest absolute Gasteiger partial charge is 0.308 e. The molecule has 0 amide bonds. The fraction of sp³-hybridized carbons (Fsp3) is 0.0175. The van der Waals surface area contributed by atoms with Crippen molar-refractivity contribution in [3.63, 3.8) is 0 Å². The first kappa shape index (κ1) is 32.8. The van der Waals surface area contributed by atoms with E-state index in [1.165, 1.54) is 109 Å². The molecule has 2 aliphatic rings. The molecule has 0 N–H and O–H groups in total. The molecule has 0 saturated carbocycles. The van der Waals surface area contributed by atoms with E-state index in [1.807, 2.05) is 11.3 Å². The normalized spacial score (nSPS) is 13.2. The smallest absolute Gasteiger partial charge is 0.0725 e. The van der Waals surface area contributed by atoms with Crippen molar-refractivity contribution in [2.24, 2.45) is 0 Å². The summed E-state index contributed by atoms with van der Waals surface area (Å²) in [5.41, 5.74) is 16.4. The molecule has 2 aliphatic carbocycles. The molecule has 0 unspecified atom stereocenters. The minimum atomic E-state index is -0.387. The first-order valence-corrected chi connectivity index (χ1v) is 21.2. The molecule has 59 heavy (non-hydrogen) atoms. The molecular weight excluding hydrogens is 731 g/mol. The fourth-order valence-corrected chi connectivity index (χ4v) is 12.0. The van der Waals surface area contributed by atoms with Crippen LogP contribution >= 0.6 is 11.3 Å². The number of hydrogen-bond acceptors (Lipinski definition) is 2. The van der Waals surface area contributed by atoms with Crippen LogP contribution in [0.1, 0.15) is 22.3 Å². The molecule has 0 atom stereocenters. The molecule has 1 heterocycles. The second kappa shape index (κ2) is 12.4. The Balaban J connectivity index is 1.07. The number of nitrogens with zero attached hydrogens (tertiary/aromatic N) is 1. The lowest BCUT2D eigenvalue weighted by Crippen LogP contribution is -2.25. The minimum Gasteiger partial charge on any atom is -0.308 e. The molecular formula is C57H35NS. The topological polar surface area (TPSA) is 3.24 Å². The zero-order valence-electron chi connectivity index (χ0n) is 32.1. The van der Waals surface area contributed by atoms with Gasteiger partial charge in [-0.3, -0.25) is 0 Å². The van der Waals surface area contributed by atoms with Crippen molar-refractivity contribution in [1.82, 2.24) is 0 Å². The van der Waals surface area contributed by atoms with E-state index in [9.17, 15) is 0 Å². The van der Waals surface area contributed by atoms with Gasteiger partial charge in [0.25, 0.3) is 0 Å². The summed E-state index contributed by atoms with van der Waals surface area (Å²) in [5, 5.41) is 7.60. The second-order valence-corrected chi connectivity index (χ2v) is 16.9. The summed E-state index contributed by atoms with van der Waals surface area (Å²) >= 11 is 1.91. The van der Waals surface area contributed by atoms with Crippen LogP contribution in [-0.2, 0) is 5.41 Å². The quantitative estimate of drug-likeness (QED) is 0.172. The fourth-order valence-electron chi connectivity index (χ4n) is 10.7. The monoisotopic (exact) mass is 765 g/mol. The van der Waals surface area contributed by atoms with Crippen LogP contribution in [0.3, 0.4) is 0 Å². The highest BCUT2D eigenvalue weighted by atomic mass is 32.1. The zero-order valence-corrected chi connectivity index (χ0v) is 32.9. The van der Waals surface area contributed by atoms with Gasteiger partial charge in [-0.05, 0) is 103 Å². The van der Waals surface area contributed by atoms with Gasteiger partial charge in [0.2, 0.25) is 0 Å². The van der Waals surface area contributed by atoms with Crippen LogP contribution < -0.4 is 4.90 Å². The Labute approximate surface area is 346 Å². The van der Waals surface area contributed by atoms with Crippen molar-refractivity contribution in [1.29, 1.82) is 0 Å². The Hall–Kier alpha value is -7.26. The van der Waals surface area contributed by atoms with Crippen LogP contribution in [0.5, 0.6) is 0 Å². The lowest BCUT2D eigenvalue weighted by atomic mass is 9.70. The summed E-state index contributed by atoms with van der Waals surface area (Å²) in [6, 6.07) is 79.1. The highest BCUT2D eigenvalue weighted by molar-refractivity contribution is 7.27. The van der Waals surface area contributed by atoms with Crippen LogP contribution in [0.15, 0.2) is 212 Å². The third kappa shape index (κ3) is 4.44. The van der Waals surface area contributed by atoms with Gasteiger partial charge >= 0.3 is 0 Å². The van der Waals surface area contributed by atoms with E-state index in [0.29, 0.717) is 0 Å². The molecule has 1 nitrogen and oxygen atoms in total. The predicted octanol–water partition coefficient (Wildman–Crippen LogP) is 15.8. The van der Waals surface area contributed by atoms with Gasteiger partial charge in [0.15, 0.2) is 0 Å². The molecule has 11 aromatic rings. The highest BCUT2D eigenvalue weighted by Gasteiger charge is 2.51. The first-order chi connectivity index (χ1) is 29.3. The number of hydrogen-bond donors (Lipinski definition) is 0. The van der Waals surface area contributed by atoms with Crippen molar-refractivity contribution in [3.05, 3.63) is 235 Å². The van der Waals surface area contributed by atoms with Gasteiger partial charge in [0, 0.05) is 31.9 Å². The lowest BCUT2D eigenvalue weighted by Gasteiger charge is -2.30. The van der Waals surface area contributed by atoms with Gasteiger partial charge < -0.3 is 4.90 Å². The predicted molar refractivity (Wildman–Crippen MR) is 251 cm³/mol. The summed E-state index contributed by atoms with van der Waals surface area (Å²) in [4.78, 5) is 2.46. The standard InChI is InChI=1S/C57H35NS/c1-2-18-38(19-3-1)58(53-30-14-17-36-16-4-5-20-39(36)53)54-31-15-26-46-48-35-47(40-21-6-7-25-45(40)55(48)59-56(46)54)37-32-33-44-43-24-10-13-29-51(43)57(52(44)34-37)49-27-11-8-22-41(49)42-23-9-12-28-50(42)57/h1-35H. The third-order valence-corrected chi connectivity index (χ3v) is 14.3. The van der Waals surface area contributed by atoms with E-state index in [1.54, 1.807) is 0 Å². The zero-order chi connectivity index (χ0) is 38.7. The summed E-state index contributed by atoms with van der Waals surface area (Å²) in [6.07, 6.45) is 0. The molecule has 0 fully saturated rings. The maximum absolute atomic E-state index is 2.53. The molecule has 13 rings (SSSR count). The molecule has 0 bridgehead atoms. The van der Waals surface area contributed by atoms with Gasteiger partial charge in [0.1, 0.15) is 0 Å². The van der Waals surface area contributed by atoms with Gasteiger partial charge in [-0.15, -0.1) is 11.3 Å². The number of benzene rings is 10. The number of para-hydroxylation sites is 1. The molecule has 0 saturated heterocycles. The van der Waals surface area contributed by atoms with Crippen LogP contribution in [0.4, 0.5) is 17.1 Å². The van der Waals surface area contributed by atoms with E-state index >= 15 is 0 Å². The first-order valence-electron chi connectivity index (χ1n) is 20.4. The Morgan fingerprint density at radius 1 is 0.322 bits per heavy atom. The van der Waals surface area contributed by atoms with Crippen molar-refractivity contribution in [3.8, 4) is 33.4 Å². The molecule has 0 radical (unpaired) electrons. The second-order valence-electron chi connectivity index (χ2n) is 15.9. The Morgan fingerprint density at radius 2 is 0.847 bits per heavy atom. The minimum absolute atomic E-state index is 0.387. The van der Waals surface area contributed by atoms with E-state index in [4.69, 9.17) is 0 Å². The molecule has 2 heteroatoms. The maximum Gasteiger partial charge on any atom is 0.0725 e. The van der Waals surface area contributed by atoms with Crippen LogP contribution in [0.2, 0.25) is 0 Å². The highest BCUT2D eigenvalue weighted by Crippen LogP contribution is 2.63. The van der Waals surface area contributed by atoms with Gasteiger partial charge in [-0.2, -0.15) is 0 Å². The molecule has 10 aromatic carbocycles. The van der Waals surface area contributed by atoms with Crippen molar-refractivity contribution < 1.29 is 0 Å². The molecule has 1 aromatic heterocycles. The van der Waals surface area contributed by atoms with Crippen LogP contribution in [0.25, 0.3) is 75.1 Å². The molecule has 0 aliphatic heterocycles. The Bertz CT molecular complexity index is 3450. The SMILES string of the molecule is c1ccc(N(c2cccc3ccccc23)c2cccc3c2sc2c4ccccc4c(-c4ccc5c(c4)C4(c6ccccc6-c6ccccc64)c4ccccc4-5)cc32)cc1. The molecule has 1 spiro atoms. The van der Waals surface area contributed by atoms with E-state index in [2.05, 4.69) is 217 Å². The van der Waals surface area contributed by atoms with Gasteiger partial charge in [0.05, 0.1) is 21.5 Å². The summed E-state index contributed by atoms with van der Waals surface area (Å²) in [7, 11) is 0. The Morgan fingerprint density at radius 3 is 1.58 bits per heavy atom. The number of thiophene rings is 1. The maximum atomic E-state index is 2.53. The van der Waals surface area contributed by atoms with E-state index < -0.39 is 0 Å². The average Bonchev–Trinajstić information content (AvgIpc) is 3.94. The summed E-state index contributed by atoms with van der Waals surface area (Å²) in [6.45, 7) is 0. The number of anilines is 3. The lowest BCUT2D eigenvalue weighted by molar-refractivity contribution is 0.794. The van der Waals surface area contributed by atoms with Crippen molar-refractivity contribution in [2.75, 3.05) is 4.90 Å². The van der Waals surface area contributed by atoms with E-state index in [0.717, 1.165) is 5.69 Å². The van der Waals surface area contributed by atoms with Crippen molar-refractivity contribution in [2.45, 2.75) is 5.41 Å². The summed E-state index contributed by atoms with van der Waals surface area (Å²) in [5.74, 6) is 0.